The molecule has 0 amide bonds. The van der Waals surface area contributed by atoms with Gasteiger partial charge in [0.2, 0.25) is 0 Å². The number of piperidine rings is 3. The van der Waals surface area contributed by atoms with Gasteiger partial charge in [0.15, 0.2) is 0 Å². The van der Waals surface area contributed by atoms with Crippen molar-refractivity contribution in [1.82, 2.24) is 9.88 Å². The van der Waals surface area contributed by atoms with Crippen molar-refractivity contribution in [2.24, 2.45) is 5.92 Å². The van der Waals surface area contributed by atoms with Gasteiger partial charge in [-0.15, -0.1) is 11.6 Å². The van der Waals surface area contributed by atoms with Crippen molar-refractivity contribution in [3.8, 4) is 0 Å². The molecule has 0 saturated carbocycles. The van der Waals surface area contributed by atoms with Crippen molar-refractivity contribution in [3.05, 3.63) is 30.1 Å². The van der Waals surface area contributed by atoms with Gasteiger partial charge in [-0.05, 0) is 49.9 Å². The number of hydrogen-bond acceptors (Lipinski definition) is 2. The van der Waals surface area contributed by atoms with E-state index in [-0.39, 0.29) is 0 Å². The Hall–Kier alpha value is -0.600. The van der Waals surface area contributed by atoms with Crippen LogP contribution in [-0.2, 0) is 6.42 Å². The molecule has 2 atom stereocenters. The zero-order valence-electron chi connectivity index (χ0n) is 9.35. The van der Waals surface area contributed by atoms with Crippen LogP contribution in [0.2, 0.25) is 0 Å². The molecule has 3 aliphatic heterocycles. The van der Waals surface area contributed by atoms with Crippen LogP contribution in [0.25, 0.3) is 0 Å². The largest absolute Gasteiger partial charge is 0.299 e. The SMILES string of the molecule is ClC1C2CCN(CC2)C1Cc1cccnc1. The van der Waals surface area contributed by atoms with Crippen molar-refractivity contribution in [2.45, 2.75) is 30.7 Å². The third kappa shape index (κ3) is 1.85. The molecule has 1 aromatic rings. The third-order valence-electron chi connectivity index (χ3n) is 4.03. The lowest BCUT2D eigenvalue weighted by molar-refractivity contribution is 0.0545. The maximum absolute atomic E-state index is 6.57. The van der Waals surface area contributed by atoms with Crippen LogP contribution in [0.4, 0.5) is 0 Å². The number of fused-ring (bicyclic) bond motifs is 3. The molecule has 16 heavy (non-hydrogen) atoms. The Bertz CT molecular complexity index is 344. The van der Waals surface area contributed by atoms with E-state index in [0.29, 0.717) is 11.4 Å². The van der Waals surface area contributed by atoms with Gasteiger partial charge in [0, 0.05) is 18.4 Å². The molecule has 0 N–H and O–H groups in total. The molecule has 4 rings (SSSR count). The summed E-state index contributed by atoms with van der Waals surface area (Å²) in [5.41, 5.74) is 1.31. The summed E-state index contributed by atoms with van der Waals surface area (Å²) >= 11 is 6.57. The Kier molecular flexibility index (Phi) is 2.86. The van der Waals surface area contributed by atoms with Gasteiger partial charge in [-0.1, -0.05) is 6.07 Å². The zero-order chi connectivity index (χ0) is 11.0. The Balaban J connectivity index is 1.75. The lowest BCUT2D eigenvalue weighted by atomic mass is 9.81. The van der Waals surface area contributed by atoms with Crippen molar-refractivity contribution in [3.63, 3.8) is 0 Å². The minimum atomic E-state index is 0.336. The van der Waals surface area contributed by atoms with Crippen LogP contribution in [0.15, 0.2) is 24.5 Å². The van der Waals surface area contributed by atoms with Gasteiger partial charge in [-0.25, -0.2) is 0 Å². The van der Waals surface area contributed by atoms with Gasteiger partial charge >= 0.3 is 0 Å². The standard InChI is InChI=1S/C13H17ClN2/c14-13-11-3-6-16(7-4-11)12(13)8-10-2-1-5-15-9-10/h1-2,5,9,11-13H,3-4,6-8H2. The molecule has 0 aliphatic carbocycles. The van der Waals surface area contributed by atoms with E-state index >= 15 is 0 Å². The molecule has 0 spiro atoms. The minimum Gasteiger partial charge on any atom is -0.299 e. The van der Waals surface area contributed by atoms with E-state index in [1.165, 1.54) is 31.5 Å². The molecule has 86 valence electrons. The first-order valence-corrected chi connectivity index (χ1v) is 6.55. The normalized spacial score (nSPS) is 37.6. The molecule has 2 bridgehead atoms. The van der Waals surface area contributed by atoms with Crippen LogP contribution in [0.3, 0.4) is 0 Å². The number of rotatable bonds is 2. The van der Waals surface area contributed by atoms with Gasteiger partial charge in [0.25, 0.3) is 0 Å². The summed E-state index contributed by atoms with van der Waals surface area (Å²) in [5, 5.41) is 0.336. The summed E-state index contributed by atoms with van der Waals surface area (Å²) in [5.74, 6) is 0.744. The van der Waals surface area contributed by atoms with Gasteiger partial charge < -0.3 is 0 Å². The smallest absolute Gasteiger partial charge is 0.0523 e. The fourth-order valence-electron chi connectivity index (χ4n) is 3.09. The number of nitrogens with zero attached hydrogens (tertiary/aromatic N) is 2. The maximum atomic E-state index is 6.57. The number of hydrogen-bond donors (Lipinski definition) is 0. The second kappa shape index (κ2) is 4.34. The fourth-order valence-corrected chi connectivity index (χ4v) is 3.59. The van der Waals surface area contributed by atoms with Crippen LogP contribution in [0, 0.1) is 5.92 Å². The van der Waals surface area contributed by atoms with E-state index in [1.807, 2.05) is 18.5 Å². The van der Waals surface area contributed by atoms with Crippen LogP contribution in [0.5, 0.6) is 0 Å². The second-order valence-corrected chi connectivity index (χ2v) is 5.45. The lowest BCUT2D eigenvalue weighted by Gasteiger charge is -2.48. The average molecular weight is 237 g/mol. The van der Waals surface area contributed by atoms with Crippen LogP contribution in [0.1, 0.15) is 18.4 Å². The molecular weight excluding hydrogens is 220 g/mol. The predicted molar refractivity (Wildman–Crippen MR) is 65.7 cm³/mol. The highest BCUT2D eigenvalue weighted by atomic mass is 35.5. The first-order valence-electron chi connectivity index (χ1n) is 6.11. The topological polar surface area (TPSA) is 16.1 Å². The summed E-state index contributed by atoms with van der Waals surface area (Å²) in [6.07, 6.45) is 7.43. The quantitative estimate of drug-likeness (QED) is 0.733. The van der Waals surface area contributed by atoms with Crippen LogP contribution < -0.4 is 0 Å². The predicted octanol–water partition coefficient (Wildman–Crippen LogP) is 2.33. The Labute approximate surface area is 102 Å². The molecule has 4 heterocycles. The Morgan fingerprint density at radius 1 is 1.38 bits per heavy atom. The van der Waals surface area contributed by atoms with E-state index in [0.717, 1.165) is 12.3 Å². The molecule has 3 aliphatic rings. The van der Waals surface area contributed by atoms with E-state index < -0.39 is 0 Å². The van der Waals surface area contributed by atoms with Gasteiger partial charge in [0.1, 0.15) is 0 Å². The number of alkyl halides is 1. The molecule has 0 aromatic carbocycles. The highest BCUT2D eigenvalue weighted by Crippen LogP contribution is 2.36. The molecule has 0 radical (unpaired) electrons. The highest BCUT2D eigenvalue weighted by molar-refractivity contribution is 6.21. The van der Waals surface area contributed by atoms with Gasteiger partial charge in [-0.2, -0.15) is 0 Å². The summed E-state index contributed by atoms with van der Waals surface area (Å²) < 4.78 is 0. The van der Waals surface area contributed by atoms with E-state index in [2.05, 4.69) is 16.0 Å². The van der Waals surface area contributed by atoms with Crippen LogP contribution >= 0.6 is 11.6 Å². The van der Waals surface area contributed by atoms with Crippen LogP contribution in [-0.4, -0.2) is 34.4 Å². The number of aromatic nitrogens is 1. The number of halogens is 1. The molecule has 2 nitrogen and oxygen atoms in total. The van der Waals surface area contributed by atoms with E-state index in [1.54, 1.807) is 0 Å². The van der Waals surface area contributed by atoms with Crippen molar-refractivity contribution in [1.29, 1.82) is 0 Å². The van der Waals surface area contributed by atoms with E-state index in [4.69, 9.17) is 11.6 Å². The van der Waals surface area contributed by atoms with Crippen molar-refractivity contribution >= 4 is 11.6 Å². The van der Waals surface area contributed by atoms with E-state index in [9.17, 15) is 0 Å². The first-order chi connectivity index (χ1) is 7.84. The fraction of sp³-hybridized carbons (Fsp3) is 0.615. The lowest BCUT2D eigenvalue weighted by Crippen LogP contribution is -2.56. The highest BCUT2D eigenvalue weighted by Gasteiger charge is 2.40. The third-order valence-corrected chi connectivity index (χ3v) is 4.68. The monoisotopic (exact) mass is 236 g/mol. The summed E-state index contributed by atoms with van der Waals surface area (Å²) in [4.78, 5) is 6.74. The molecular formula is C13H17ClN2. The summed E-state index contributed by atoms with van der Waals surface area (Å²) in [7, 11) is 0. The Morgan fingerprint density at radius 3 is 2.81 bits per heavy atom. The summed E-state index contributed by atoms with van der Waals surface area (Å²) in [6, 6.07) is 4.69. The molecule has 3 heteroatoms. The van der Waals surface area contributed by atoms with Gasteiger partial charge in [-0.3, -0.25) is 9.88 Å². The zero-order valence-corrected chi connectivity index (χ0v) is 10.1. The number of pyridine rings is 1. The van der Waals surface area contributed by atoms with Crippen molar-refractivity contribution < 1.29 is 0 Å². The molecule has 2 unspecified atom stereocenters. The molecule has 1 aromatic heterocycles. The minimum absolute atomic E-state index is 0.336. The molecule has 3 fully saturated rings. The second-order valence-electron chi connectivity index (χ2n) is 4.95. The van der Waals surface area contributed by atoms with Crippen molar-refractivity contribution in [2.75, 3.05) is 13.1 Å². The first kappa shape index (κ1) is 10.5. The average Bonchev–Trinajstić information content (AvgIpc) is 2.36. The maximum Gasteiger partial charge on any atom is 0.0523 e. The molecule has 3 saturated heterocycles. The van der Waals surface area contributed by atoms with Gasteiger partial charge in [0.05, 0.1) is 5.38 Å². The summed E-state index contributed by atoms with van der Waals surface area (Å²) in [6.45, 7) is 2.47. The Morgan fingerprint density at radius 2 is 2.19 bits per heavy atom.